The van der Waals surface area contributed by atoms with Gasteiger partial charge in [0.1, 0.15) is 6.23 Å². The number of nitrogens with two attached hydrogens (primary N) is 3. The van der Waals surface area contributed by atoms with Gasteiger partial charge in [0.2, 0.25) is 29.7 Å². The van der Waals surface area contributed by atoms with E-state index in [9.17, 15) is 14.7 Å². The highest BCUT2D eigenvalue weighted by atomic mass is 16.3. The summed E-state index contributed by atoms with van der Waals surface area (Å²) in [7, 11) is 0. The fourth-order valence-corrected chi connectivity index (χ4v) is 2.13. The van der Waals surface area contributed by atoms with Crippen LogP contribution in [0, 0.1) is 16.2 Å². The lowest BCUT2D eigenvalue weighted by atomic mass is 10.2. The van der Waals surface area contributed by atoms with E-state index < -0.39 is 18.0 Å². The first-order valence-corrected chi connectivity index (χ1v) is 9.34. The van der Waals surface area contributed by atoms with Gasteiger partial charge in [0, 0.05) is 32.1 Å². The third kappa shape index (κ3) is 11.6. The third-order valence-corrected chi connectivity index (χ3v) is 3.60. The molecule has 15 heteroatoms. The van der Waals surface area contributed by atoms with Gasteiger partial charge < -0.3 is 27.6 Å². The van der Waals surface area contributed by atoms with Gasteiger partial charge in [-0.05, 0) is 12.8 Å². The molecule has 1 unspecified atom stereocenters. The summed E-state index contributed by atoms with van der Waals surface area (Å²) in [5.74, 6) is -1.83. The maximum absolute atomic E-state index is 12.0. The predicted molar refractivity (Wildman–Crippen MR) is 115 cm³/mol. The standard InChI is InChI=1S/C16H28N12O3/c17-8(18)2-1-3-11(29)23-14-26-15(24-12(30)6-4-9(19)20)28-16(27-14)25-13(31)7-5-10(21)22/h11,29H,1-7H2,(H3,17,18)(H3,19,20)(H3,21,22)(H3,23,24,25,26,27,28,30,31). The van der Waals surface area contributed by atoms with Gasteiger partial charge in [-0.3, -0.25) is 36.5 Å². The van der Waals surface area contributed by atoms with Gasteiger partial charge in [-0.15, -0.1) is 0 Å². The lowest BCUT2D eigenvalue weighted by Gasteiger charge is -2.14. The van der Waals surface area contributed by atoms with E-state index in [2.05, 4.69) is 30.9 Å². The van der Waals surface area contributed by atoms with Crippen molar-refractivity contribution in [3.05, 3.63) is 0 Å². The number of anilines is 3. The van der Waals surface area contributed by atoms with Crippen molar-refractivity contribution < 1.29 is 14.7 Å². The maximum atomic E-state index is 12.0. The number of hydrogen-bond donors (Lipinski definition) is 10. The van der Waals surface area contributed by atoms with E-state index in [4.69, 9.17) is 33.4 Å². The van der Waals surface area contributed by atoms with Gasteiger partial charge >= 0.3 is 0 Å². The van der Waals surface area contributed by atoms with Crippen molar-refractivity contribution in [3.63, 3.8) is 0 Å². The zero-order valence-electron chi connectivity index (χ0n) is 16.9. The lowest BCUT2D eigenvalue weighted by Crippen LogP contribution is -2.24. The number of carbonyl (C=O) groups is 2. The topological polar surface area (TPSA) is 279 Å². The zero-order valence-corrected chi connectivity index (χ0v) is 16.9. The summed E-state index contributed by atoms with van der Waals surface area (Å²) < 4.78 is 0. The molecule has 13 N–H and O–H groups in total. The molecule has 1 aromatic heterocycles. The van der Waals surface area contributed by atoms with Crippen LogP contribution >= 0.6 is 0 Å². The van der Waals surface area contributed by atoms with E-state index in [1.54, 1.807) is 0 Å². The number of aliphatic hydroxyl groups excluding tert-OH is 1. The number of amidine groups is 3. The first-order chi connectivity index (χ1) is 14.5. The van der Waals surface area contributed by atoms with Crippen LogP contribution in [0.15, 0.2) is 0 Å². The molecular formula is C16H28N12O3. The lowest BCUT2D eigenvalue weighted by molar-refractivity contribution is -0.116. The Morgan fingerprint density at radius 3 is 1.61 bits per heavy atom. The molecule has 1 atom stereocenters. The highest BCUT2D eigenvalue weighted by Crippen LogP contribution is 2.13. The van der Waals surface area contributed by atoms with Gasteiger partial charge in [0.25, 0.3) is 0 Å². The summed E-state index contributed by atoms with van der Waals surface area (Å²) in [6.07, 6.45) is -0.134. The molecule has 0 aromatic carbocycles. The van der Waals surface area contributed by atoms with Crippen LogP contribution in [0.4, 0.5) is 17.8 Å². The first-order valence-electron chi connectivity index (χ1n) is 9.34. The minimum Gasteiger partial charge on any atom is -0.388 e. The molecule has 1 aromatic rings. The van der Waals surface area contributed by atoms with E-state index in [0.29, 0.717) is 12.8 Å². The SMILES string of the molecule is N=C(N)CCCC(O)Nc1nc(NC(=O)CCC(=N)N)nc(NC(=O)CCC(=N)N)n1. The molecule has 2 amide bonds. The summed E-state index contributed by atoms with van der Waals surface area (Å²) in [6, 6.07) is 0. The third-order valence-electron chi connectivity index (χ3n) is 3.60. The Hall–Kier alpha value is -3.88. The summed E-state index contributed by atoms with van der Waals surface area (Å²) in [5.41, 5.74) is 15.7. The molecule has 0 aliphatic carbocycles. The first kappa shape index (κ1) is 25.2. The van der Waals surface area contributed by atoms with Gasteiger partial charge in [0.05, 0.1) is 17.5 Å². The Bertz CT molecular complexity index is 778. The molecule has 0 spiro atoms. The molecular weight excluding hydrogens is 408 g/mol. The van der Waals surface area contributed by atoms with E-state index in [0.717, 1.165) is 0 Å². The van der Waals surface area contributed by atoms with E-state index in [1.807, 2.05) is 0 Å². The average Bonchev–Trinajstić information content (AvgIpc) is 2.64. The van der Waals surface area contributed by atoms with Crippen molar-refractivity contribution in [3.8, 4) is 0 Å². The van der Waals surface area contributed by atoms with Gasteiger partial charge in [-0.2, -0.15) is 15.0 Å². The second-order valence-corrected chi connectivity index (χ2v) is 6.53. The van der Waals surface area contributed by atoms with Gasteiger partial charge in [-0.1, -0.05) is 0 Å². The summed E-state index contributed by atoms with van der Waals surface area (Å²) in [6.45, 7) is 0. The largest absolute Gasteiger partial charge is 0.388 e. The molecule has 15 nitrogen and oxygen atoms in total. The summed E-state index contributed by atoms with van der Waals surface area (Å²) in [4.78, 5) is 35.9. The molecule has 1 heterocycles. The highest BCUT2D eigenvalue weighted by Gasteiger charge is 2.14. The van der Waals surface area contributed by atoms with Crippen molar-refractivity contribution >= 4 is 47.2 Å². The van der Waals surface area contributed by atoms with Crippen LogP contribution in [-0.2, 0) is 9.59 Å². The molecule has 1 rings (SSSR count). The zero-order chi connectivity index (χ0) is 23.4. The van der Waals surface area contributed by atoms with Crippen LogP contribution in [-0.4, -0.2) is 55.6 Å². The molecule has 0 aliphatic heterocycles. The average molecular weight is 436 g/mol. The van der Waals surface area contributed by atoms with Crippen molar-refractivity contribution in [1.29, 1.82) is 16.2 Å². The smallest absolute Gasteiger partial charge is 0.236 e. The molecule has 0 bridgehead atoms. The summed E-state index contributed by atoms with van der Waals surface area (Å²) in [5, 5.41) is 39.0. The molecule has 0 saturated heterocycles. The molecule has 31 heavy (non-hydrogen) atoms. The number of carbonyl (C=O) groups excluding carboxylic acids is 2. The number of aromatic nitrogens is 3. The van der Waals surface area contributed by atoms with Gasteiger partial charge in [0.15, 0.2) is 0 Å². The van der Waals surface area contributed by atoms with E-state index in [1.165, 1.54) is 0 Å². The minimum atomic E-state index is -1.08. The van der Waals surface area contributed by atoms with Crippen LogP contribution in [0.25, 0.3) is 0 Å². The van der Waals surface area contributed by atoms with Gasteiger partial charge in [-0.25, -0.2) is 0 Å². The quantitative estimate of drug-likeness (QED) is 0.0965. The van der Waals surface area contributed by atoms with Crippen LogP contribution in [0.1, 0.15) is 44.9 Å². The Morgan fingerprint density at radius 2 is 1.19 bits per heavy atom. The fraction of sp³-hybridized carbons (Fsp3) is 0.500. The highest BCUT2D eigenvalue weighted by molar-refractivity contribution is 5.93. The van der Waals surface area contributed by atoms with Crippen LogP contribution in [0.3, 0.4) is 0 Å². The van der Waals surface area contributed by atoms with Crippen molar-refractivity contribution in [2.45, 2.75) is 51.2 Å². The Morgan fingerprint density at radius 1 is 0.774 bits per heavy atom. The van der Waals surface area contributed by atoms with Crippen molar-refractivity contribution in [2.24, 2.45) is 17.2 Å². The molecule has 170 valence electrons. The Kier molecular flexibility index (Phi) is 10.3. The monoisotopic (exact) mass is 436 g/mol. The molecule has 0 radical (unpaired) electrons. The number of nitrogens with one attached hydrogen (secondary N) is 6. The predicted octanol–water partition coefficient (Wildman–Crippen LogP) is -0.982. The van der Waals surface area contributed by atoms with E-state index >= 15 is 0 Å². The second kappa shape index (κ2) is 12.6. The fourth-order valence-electron chi connectivity index (χ4n) is 2.13. The summed E-state index contributed by atoms with van der Waals surface area (Å²) >= 11 is 0. The van der Waals surface area contributed by atoms with E-state index in [-0.39, 0.29) is 67.5 Å². The van der Waals surface area contributed by atoms with Crippen molar-refractivity contribution in [1.82, 2.24) is 15.0 Å². The number of aliphatic hydroxyl groups is 1. The Balaban J connectivity index is 2.91. The molecule has 0 saturated carbocycles. The van der Waals surface area contributed by atoms with Crippen LogP contribution in [0.2, 0.25) is 0 Å². The second-order valence-electron chi connectivity index (χ2n) is 6.53. The minimum absolute atomic E-state index is 0.00141. The Labute approximate surface area is 178 Å². The number of amides is 2. The van der Waals surface area contributed by atoms with Crippen LogP contribution in [0.5, 0.6) is 0 Å². The molecule has 0 fully saturated rings. The molecule has 0 aliphatic rings. The maximum Gasteiger partial charge on any atom is 0.236 e. The van der Waals surface area contributed by atoms with Crippen LogP contribution < -0.4 is 33.2 Å². The number of hydrogen-bond acceptors (Lipinski definition) is 10. The number of rotatable bonds is 14. The van der Waals surface area contributed by atoms with Crippen molar-refractivity contribution in [2.75, 3.05) is 16.0 Å². The normalized spacial score (nSPS) is 11.3. The number of nitrogens with zero attached hydrogens (tertiary/aromatic N) is 3.